The molecule has 0 fully saturated rings. The first kappa shape index (κ1) is 16.3. The predicted octanol–water partition coefficient (Wildman–Crippen LogP) is 2.63. The van der Waals surface area contributed by atoms with E-state index in [9.17, 15) is 14.9 Å². The van der Waals surface area contributed by atoms with Crippen LogP contribution in [0.2, 0.25) is 0 Å². The van der Waals surface area contributed by atoms with Crippen LogP contribution >= 0.6 is 0 Å². The summed E-state index contributed by atoms with van der Waals surface area (Å²) in [7, 11) is 0. The highest BCUT2D eigenvalue weighted by Crippen LogP contribution is 2.26. The number of hydrogen-bond acceptors (Lipinski definition) is 5. The molecular formula is C15H17N5O3. The molecule has 0 unspecified atom stereocenters. The van der Waals surface area contributed by atoms with Crippen molar-refractivity contribution in [1.29, 1.82) is 0 Å². The van der Waals surface area contributed by atoms with Gasteiger partial charge in [0.2, 0.25) is 0 Å². The molecule has 1 heterocycles. The summed E-state index contributed by atoms with van der Waals surface area (Å²) in [6.45, 7) is 5.44. The van der Waals surface area contributed by atoms with Crippen molar-refractivity contribution in [2.75, 3.05) is 5.32 Å². The first-order chi connectivity index (χ1) is 10.9. The van der Waals surface area contributed by atoms with Crippen LogP contribution in [0, 0.1) is 30.9 Å². The molecule has 1 aromatic carbocycles. The van der Waals surface area contributed by atoms with E-state index < -0.39 is 11.0 Å². The SMILES string of the molecule is Cc1nccc(CNC(=O)Nc2cc([N+](=O)[O-])c(C)cc2C)n1. The summed E-state index contributed by atoms with van der Waals surface area (Å²) in [4.78, 5) is 30.6. The topological polar surface area (TPSA) is 110 Å². The van der Waals surface area contributed by atoms with Crippen LogP contribution in [0.15, 0.2) is 24.4 Å². The molecule has 0 bridgehead atoms. The third-order valence-corrected chi connectivity index (χ3v) is 3.25. The van der Waals surface area contributed by atoms with E-state index in [0.717, 1.165) is 5.56 Å². The largest absolute Gasteiger partial charge is 0.332 e. The number of nitro groups is 1. The van der Waals surface area contributed by atoms with Gasteiger partial charge in [0.1, 0.15) is 5.82 Å². The molecular weight excluding hydrogens is 298 g/mol. The number of carbonyl (C=O) groups excluding carboxylic acids is 1. The number of nitro benzene ring substituents is 1. The van der Waals surface area contributed by atoms with Crippen molar-refractivity contribution in [2.45, 2.75) is 27.3 Å². The predicted molar refractivity (Wildman–Crippen MR) is 85.2 cm³/mol. The number of aromatic nitrogens is 2. The number of anilines is 1. The number of aryl methyl sites for hydroxylation is 3. The van der Waals surface area contributed by atoms with Crippen LogP contribution in [0.3, 0.4) is 0 Å². The zero-order valence-corrected chi connectivity index (χ0v) is 13.1. The van der Waals surface area contributed by atoms with Crippen molar-refractivity contribution in [2.24, 2.45) is 0 Å². The Morgan fingerprint density at radius 2 is 2.00 bits per heavy atom. The van der Waals surface area contributed by atoms with Crippen LogP contribution in [-0.2, 0) is 6.54 Å². The van der Waals surface area contributed by atoms with Crippen molar-refractivity contribution in [3.8, 4) is 0 Å². The van der Waals surface area contributed by atoms with Gasteiger partial charge < -0.3 is 10.6 Å². The summed E-state index contributed by atoms with van der Waals surface area (Å²) in [5.74, 6) is 0.620. The van der Waals surface area contributed by atoms with E-state index in [0.29, 0.717) is 22.8 Å². The fourth-order valence-electron chi connectivity index (χ4n) is 2.11. The molecule has 0 radical (unpaired) electrons. The molecule has 0 spiro atoms. The average Bonchev–Trinajstić information content (AvgIpc) is 2.47. The number of urea groups is 1. The quantitative estimate of drug-likeness (QED) is 0.665. The zero-order valence-electron chi connectivity index (χ0n) is 13.1. The Hall–Kier alpha value is -3.03. The second kappa shape index (κ2) is 6.82. The average molecular weight is 315 g/mol. The van der Waals surface area contributed by atoms with Gasteiger partial charge in [-0.15, -0.1) is 0 Å². The smallest absolute Gasteiger partial charge is 0.319 e. The lowest BCUT2D eigenvalue weighted by Gasteiger charge is -2.11. The molecule has 23 heavy (non-hydrogen) atoms. The maximum Gasteiger partial charge on any atom is 0.319 e. The van der Waals surface area contributed by atoms with Crippen LogP contribution in [0.25, 0.3) is 0 Å². The van der Waals surface area contributed by atoms with Gasteiger partial charge in [-0.1, -0.05) is 0 Å². The van der Waals surface area contributed by atoms with Crippen LogP contribution in [0.1, 0.15) is 22.6 Å². The molecule has 120 valence electrons. The Labute approximate surface area is 133 Å². The lowest BCUT2D eigenvalue weighted by atomic mass is 10.1. The summed E-state index contributed by atoms with van der Waals surface area (Å²) in [5.41, 5.74) is 2.35. The van der Waals surface area contributed by atoms with Gasteiger partial charge in [0.15, 0.2) is 0 Å². The number of carbonyl (C=O) groups is 1. The number of benzene rings is 1. The highest BCUT2D eigenvalue weighted by Gasteiger charge is 2.15. The van der Waals surface area contributed by atoms with Gasteiger partial charge in [0.25, 0.3) is 5.69 Å². The van der Waals surface area contributed by atoms with E-state index in [1.807, 2.05) is 0 Å². The van der Waals surface area contributed by atoms with Crippen molar-refractivity contribution in [1.82, 2.24) is 15.3 Å². The molecule has 2 N–H and O–H groups in total. The van der Waals surface area contributed by atoms with Crippen LogP contribution in [0.5, 0.6) is 0 Å². The molecule has 0 aliphatic rings. The summed E-state index contributed by atoms with van der Waals surface area (Å²) in [6.07, 6.45) is 1.62. The van der Waals surface area contributed by atoms with Crippen molar-refractivity contribution >= 4 is 17.4 Å². The maximum atomic E-state index is 12.0. The molecule has 2 aromatic rings. The number of nitrogens with one attached hydrogen (secondary N) is 2. The second-order valence-electron chi connectivity index (χ2n) is 5.11. The maximum absolute atomic E-state index is 12.0. The first-order valence-electron chi connectivity index (χ1n) is 6.96. The minimum Gasteiger partial charge on any atom is -0.332 e. The monoisotopic (exact) mass is 315 g/mol. The molecule has 1 aromatic heterocycles. The van der Waals surface area contributed by atoms with Crippen molar-refractivity contribution < 1.29 is 9.72 Å². The Morgan fingerprint density at radius 3 is 2.65 bits per heavy atom. The van der Waals surface area contributed by atoms with E-state index in [1.54, 1.807) is 39.1 Å². The van der Waals surface area contributed by atoms with Crippen molar-refractivity contribution in [3.63, 3.8) is 0 Å². The fraction of sp³-hybridized carbons (Fsp3) is 0.267. The van der Waals surface area contributed by atoms with E-state index in [2.05, 4.69) is 20.6 Å². The van der Waals surface area contributed by atoms with E-state index >= 15 is 0 Å². The summed E-state index contributed by atoms with van der Waals surface area (Å²) in [6, 6.07) is 4.28. The van der Waals surface area contributed by atoms with E-state index in [4.69, 9.17) is 0 Å². The Bertz CT molecular complexity index is 761. The standard InChI is InChI=1S/C15H17N5O3/c1-9-6-10(2)14(20(22)23)7-13(9)19-15(21)17-8-12-4-5-16-11(3)18-12/h4-7H,8H2,1-3H3,(H2,17,19,21). The minimum absolute atomic E-state index is 0.0303. The number of hydrogen-bond donors (Lipinski definition) is 2. The van der Waals surface area contributed by atoms with Crippen LogP contribution in [0.4, 0.5) is 16.2 Å². The first-order valence-corrected chi connectivity index (χ1v) is 6.96. The number of amides is 2. The lowest BCUT2D eigenvalue weighted by molar-refractivity contribution is -0.385. The molecule has 0 aliphatic carbocycles. The third kappa shape index (κ3) is 4.22. The summed E-state index contributed by atoms with van der Waals surface area (Å²) >= 11 is 0. The Kier molecular flexibility index (Phi) is 4.85. The van der Waals surface area contributed by atoms with Gasteiger partial charge >= 0.3 is 6.03 Å². The lowest BCUT2D eigenvalue weighted by Crippen LogP contribution is -2.29. The van der Waals surface area contributed by atoms with E-state index in [-0.39, 0.29) is 12.2 Å². The molecule has 0 saturated heterocycles. The van der Waals surface area contributed by atoms with Gasteiger partial charge in [0.05, 0.1) is 22.8 Å². The zero-order chi connectivity index (χ0) is 17.0. The molecule has 0 atom stereocenters. The third-order valence-electron chi connectivity index (χ3n) is 3.25. The highest BCUT2D eigenvalue weighted by atomic mass is 16.6. The van der Waals surface area contributed by atoms with Crippen molar-refractivity contribution in [3.05, 3.63) is 57.2 Å². The van der Waals surface area contributed by atoms with Gasteiger partial charge in [-0.3, -0.25) is 10.1 Å². The summed E-state index contributed by atoms with van der Waals surface area (Å²) in [5, 5.41) is 16.3. The Balaban J connectivity index is 2.05. The molecule has 2 rings (SSSR count). The Morgan fingerprint density at radius 1 is 1.26 bits per heavy atom. The van der Waals surface area contributed by atoms with Crippen LogP contribution in [-0.4, -0.2) is 20.9 Å². The summed E-state index contributed by atoms with van der Waals surface area (Å²) < 4.78 is 0. The molecule has 0 saturated carbocycles. The molecule has 2 amide bonds. The van der Waals surface area contributed by atoms with Gasteiger partial charge in [-0.25, -0.2) is 14.8 Å². The molecule has 8 nitrogen and oxygen atoms in total. The van der Waals surface area contributed by atoms with Gasteiger partial charge in [0, 0.05) is 17.8 Å². The van der Waals surface area contributed by atoms with Crippen LogP contribution < -0.4 is 10.6 Å². The fourth-order valence-corrected chi connectivity index (χ4v) is 2.11. The van der Waals surface area contributed by atoms with E-state index in [1.165, 1.54) is 6.07 Å². The number of rotatable bonds is 4. The minimum atomic E-state index is -0.471. The molecule has 8 heteroatoms. The second-order valence-corrected chi connectivity index (χ2v) is 5.11. The van der Waals surface area contributed by atoms with Gasteiger partial charge in [-0.2, -0.15) is 0 Å². The number of nitrogens with zero attached hydrogens (tertiary/aromatic N) is 3. The molecule has 0 aliphatic heterocycles. The van der Waals surface area contributed by atoms with Gasteiger partial charge in [-0.05, 0) is 38.5 Å². The normalized spacial score (nSPS) is 10.2. The highest BCUT2D eigenvalue weighted by molar-refractivity contribution is 5.90.